The number of carbonyl (C=O) groups excluding carboxylic acids is 1. The Bertz CT molecular complexity index is 945. The van der Waals surface area contributed by atoms with E-state index in [1.165, 1.54) is 17.7 Å². The lowest BCUT2D eigenvalue weighted by molar-refractivity contribution is -0.121. The summed E-state index contributed by atoms with van der Waals surface area (Å²) in [5, 5.41) is 2.96. The van der Waals surface area contributed by atoms with Crippen LogP contribution in [-0.4, -0.2) is 52.1 Å². The summed E-state index contributed by atoms with van der Waals surface area (Å²) in [6.07, 6.45) is 0.0405. The van der Waals surface area contributed by atoms with Crippen molar-refractivity contribution in [2.24, 2.45) is 0 Å². The van der Waals surface area contributed by atoms with Crippen LogP contribution in [0.4, 0.5) is 0 Å². The fraction of sp³-hybridized carbons (Fsp3) is 0.381. The van der Waals surface area contributed by atoms with Crippen molar-refractivity contribution in [2.75, 3.05) is 32.8 Å². The molecule has 2 N–H and O–H groups in total. The van der Waals surface area contributed by atoms with Gasteiger partial charge in [0.1, 0.15) is 4.90 Å². The minimum absolute atomic E-state index is 0.00211. The van der Waals surface area contributed by atoms with Crippen molar-refractivity contribution in [1.82, 2.24) is 14.9 Å². The predicted octanol–water partition coefficient (Wildman–Crippen LogP) is 2.16. The van der Waals surface area contributed by atoms with E-state index in [9.17, 15) is 13.2 Å². The first-order valence-corrected chi connectivity index (χ1v) is 11.7. The van der Waals surface area contributed by atoms with E-state index in [0.29, 0.717) is 6.54 Å². The Morgan fingerprint density at radius 3 is 2.40 bits per heavy atom. The highest BCUT2D eigenvalue weighted by atomic mass is 35.5. The van der Waals surface area contributed by atoms with Gasteiger partial charge < -0.3 is 10.1 Å². The summed E-state index contributed by atoms with van der Waals surface area (Å²) in [4.78, 5) is 14.4. The van der Waals surface area contributed by atoms with Gasteiger partial charge >= 0.3 is 0 Å². The molecular weight excluding hydrogens is 426 g/mol. The van der Waals surface area contributed by atoms with E-state index >= 15 is 0 Å². The minimum Gasteiger partial charge on any atom is -0.379 e. The highest BCUT2D eigenvalue weighted by Crippen LogP contribution is 2.19. The Morgan fingerprint density at radius 1 is 1.03 bits per heavy atom. The second-order valence-corrected chi connectivity index (χ2v) is 9.20. The molecule has 1 saturated heterocycles. The van der Waals surface area contributed by atoms with Gasteiger partial charge in [-0.05, 0) is 23.3 Å². The number of sulfonamides is 1. The third-order valence-electron chi connectivity index (χ3n) is 4.79. The SMILES string of the molecule is O=C(CCNS(=O)(=O)c1ccccc1Cl)NCc1ccc(CN2CCOCC2)cc1. The molecule has 162 valence electrons. The van der Waals surface area contributed by atoms with Crippen LogP contribution in [0.3, 0.4) is 0 Å². The number of halogens is 1. The van der Waals surface area contributed by atoms with E-state index < -0.39 is 10.0 Å². The van der Waals surface area contributed by atoms with Crippen molar-refractivity contribution in [1.29, 1.82) is 0 Å². The second kappa shape index (κ2) is 10.9. The van der Waals surface area contributed by atoms with E-state index in [4.69, 9.17) is 16.3 Å². The van der Waals surface area contributed by atoms with Crippen molar-refractivity contribution in [3.63, 3.8) is 0 Å². The Morgan fingerprint density at radius 2 is 1.70 bits per heavy atom. The molecule has 0 radical (unpaired) electrons. The first-order chi connectivity index (χ1) is 14.4. The smallest absolute Gasteiger partial charge is 0.242 e. The number of morpholine rings is 1. The standard InChI is InChI=1S/C21H26ClN3O4S/c22-19-3-1-2-4-20(19)30(27,28)24-10-9-21(26)23-15-17-5-7-18(8-6-17)16-25-11-13-29-14-12-25/h1-8,24H,9-16H2,(H,23,26). The summed E-state index contributed by atoms with van der Waals surface area (Å²) in [5.41, 5.74) is 2.21. The molecule has 2 aromatic carbocycles. The molecular formula is C21H26ClN3O4S. The van der Waals surface area contributed by atoms with E-state index in [-0.39, 0.29) is 28.8 Å². The molecule has 1 aliphatic rings. The number of hydrogen-bond donors (Lipinski definition) is 2. The zero-order chi connectivity index (χ0) is 21.4. The molecule has 7 nitrogen and oxygen atoms in total. The molecule has 1 heterocycles. The molecule has 1 amide bonds. The van der Waals surface area contributed by atoms with Crippen LogP contribution in [0, 0.1) is 0 Å². The zero-order valence-electron chi connectivity index (χ0n) is 16.6. The van der Waals surface area contributed by atoms with Crippen LogP contribution < -0.4 is 10.0 Å². The van der Waals surface area contributed by atoms with Crippen molar-refractivity contribution >= 4 is 27.5 Å². The van der Waals surface area contributed by atoms with Crippen molar-refractivity contribution in [3.05, 3.63) is 64.7 Å². The highest BCUT2D eigenvalue weighted by molar-refractivity contribution is 7.89. The van der Waals surface area contributed by atoms with Gasteiger partial charge in [0.25, 0.3) is 0 Å². The van der Waals surface area contributed by atoms with Crippen LogP contribution >= 0.6 is 11.6 Å². The number of ether oxygens (including phenoxy) is 1. The number of benzene rings is 2. The molecule has 0 unspecified atom stereocenters. The summed E-state index contributed by atoms with van der Waals surface area (Å²) < 4.78 is 32.3. The maximum atomic E-state index is 12.3. The van der Waals surface area contributed by atoms with E-state index in [2.05, 4.69) is 27.1 Å². The van der Waals surface area contributed by atoms with Gasteiger partial charge in [-0.15, -0.1) is 0 Å². The van der Waals surface area contributed by atoms with Crippen molar-refractivity contribution in [2.45, 2.75) is 24.4 Å². The Kier molecular flexibility index (Phi) is 8.24. The van der Waals surface area contributed by atoms with E-state index in [1.54, 1.807) is 12.1 Å². The number of rotatable bonds is 9. The quantitative estimate of drug-likeness (QED) is 0.610. The summed E-state index contributed by atoms with van der Waals surface area (Å²) in [6, 6.07) is 14.3. The molecule has 1 fully saturated rings. The number of amides is 1. The second-order valence-electron chi connectivity index (χ2n) is 7.06. The predicted molar refractivity (Wildman–Crippen MR) is 116 cm³/mol. The molecule has 9 heteroatoms. The molecule has 0 aromatic heterocycles. The lowest BCUT2D eigenvalue weighted by atomic mass is 10.1. The normalized spacial score (nSPS) is 15.1. The lowest BCUT2D eigenvalue weighted by Gasteiger charge is -2.26. The van der Waals surface area contributed by atoms with Crippen LogP contribution in [0.2, 0.25) is 5.02 Å². The molecule has 0 spiro atoms. The van der Waals surface area contributed by atoms with Crippen molar-refractivity contribution < 1.29 is 17.9 Å². The highest BCUT2D eigenvalue weighted by Gasteiger charge is 2.17. The fourth-order valence-electron chi connectivity index (χ4n) is 3.11. The Balaban J connectivity index is 1.39. The van der Waals surface area contributed by atoms with Crippen LogP contribution in [-0.2, 0) is 32.6 Å². The Hall–Kier alpha value is -1.97. The van der Waals surface area contributed by atoms with Gasteiger partial charge in [0.15, 0.2) is 0 Å². The fourth-order valence-corrected chi connectivity index (χ4v) is 4.66. The third kappa shape index (κ3) is 6.78. The monoisotopic (exact) mass is 451 g/mol. The van der Waals surface area contributed by atoms with Crippen molar-refractivity contribution in [3.8, 4) is 0 Å². The topological polar surface area (TPSA) is 87.7 Å². The van der Waals surface area contributed by atoms with Gasteiger partial charge in [-0.1, -0.05) is 48.0 Å². The third-order valence-corrected chi connectivity index (χ3v) is 6.75. The first-order valence-electron chi connectivity index (χ1n) is 9.83. The summed E-state index contributed by atoms with van der Waals surface area (Å²) in [5.74, 6) is -0.228. The van der Waals surface area contributed by atoms with Crippen LogP contribution in [0.15, 0.2) is 53.4 Å². The molecule has 0 atom stereocenters. The molecule has 0 bridgehead atoms. The van der Waals surface area contributed by atoms with Gasteiger partial charge in [0, 0.05) is 39.1 Å². The molecule has 2 aromatic rings. The molecule has 3 rings (SSSR count). The molecule has 1 aliphatic heterocycles. The maximum Gasteiger partial charge on any atom is 0.242 e. The lowest BCUT2D eigenvalue weighted by Crippen LogP contribution is -2.35. The average Bonchev–Trinajstić information content (AvgIpc) is 2.74. The molecule has 0 aliphatic carbocycles. The largest absolute Gasteiger partial charge is 0.379 e. The summed E-state index contributed by atoms with van der Waals surface area (Å²) >= 11 is 5.93. The average molecular weight is 452 g/mol. The van der Waals surface area contributed by atoms with Crippen LogP contribution in [0.25, 0.3) is 0 Å². The van der Waals surface area contributed by atoms with Gasteiger partial charge in [0.2, 0.25) is 15.9 Å². The number of hydrogen-bond acceptors (Lipinski definition) is 5. The minimum atomic E-state index is -3.74. The van der Waals surface area contributed by atoms with Gasteiger partial charge in [-0.25, -0.2) is 13.1 Å². The molecule has 30 heavy (non-hydrogen) atoms. The van der Waals surface area contributed by atoms with Gasteiger partial charge in [-0.2, -0.15) is 0 Å². The molecule has 0 saturated carbocycles. The Labute approximate surface area is 182 Å². The zero-order valence-corrected chi connectivity index (χ0v) is 18.2. The van der Waals surface area contributed by atoms with Gasteiger partial charge in [-0.3, -0.25) is 9.69 Å². The summed E-state index contributed by atoms with van der Waals surface area (Å²) in [6.45, 7) is 4.72. The van der Waals surface area contributed by atoms with Crippen LogP contribution in [0.1, 0.15) is 17.5 Å². The summed E-state index contributed by atoms with van der Waals surface area (Å²) in [7, 11) is -3.74. The maximum absolute atomic E-state index is 12.3. The van der Waals surface area contributed by atoms with E-state index in [0.717, 1.165) is 38.4 Å². The number of nitrogens with zero attached hydrogens (tertiary/aromatic N) is 1. The first kappa shape index (κ1) is 22.7. The number of nitrogens with one attached hydrogen (secondary N) is 2. The van der Waals surface area contributed by atoms with Crippen LogP contribution in [0.5, 0.6) is 0 Å². The van der Waals surface area contributed by atoms with Gasteiger partial charge in [0.05, 0.1) is 18.2 Å². The number of carbonyl (C=O) groups is 1. The van der Waals surface area contributed by atoms with E-state index in [1.807, 2.05) is 12.1 Å².